The third-order valence-electron chi connectivity index (χ3n) is 2.92. The molecule has 0 saturated carbocycles. The first kappa shape index (κ1) is 16.4. The molecule has 0 aromatic carbocycles. The monoisotopic (exact) mass is 341 g/mol. The SMILES string of the molecule is COC(=O)c1sc(N)c(C(=O)OC)c1CSc1nccn1C. The minimum absolute atomic E-state index is 0.217. The maximum absolute atomic E-state index is 11.9. The Morgan fingerprint density at radius 2 is 2.05 bits per heavy atom. The molecular formula is C13H15N3O4S2. The summed E-state index contributed by atoms with van der Waals surface area (Å²) in [6.45, 7) is 0. The third kappa shape index (κ3) is 3.09. The molecule has 2 N–H and O–H groups in total. The van der Waals surface area contributed by atoms with E-state index in [1.165, 1.54) is 26.0 Å². The highest BCUT2D eigenvalue weighted by Crippen LogP contribution is 2.36. The number of hydrogen-bond acceptors (Lipinski definition) is 8. The summed E-state index contributed by atoms with van der Waals surface area (Å²) < 4.78 is 11.3. The number of ether oxygens (including phenoxy) is 2. The lowest BCUT2D eigenvalue weighted by Crippen LogP contribution is -2.08. The van der Waals surface area contributed by atoms with Gasteiger partial charge in [-0.2, -0.15) is 0 Å². The number of nitrogen functional groups attached to an aromatic ring is 1. The Bertz CT molecular complexity index is 708. The van der Waals surface area contributed by atoms with Crippen molar-refractivity contribution in [3.05, 3.63) is 28.4 Å². The minimum atomic E-state index is -0.570. The average Bonchev–Trinajstić information content (AvgIpc) is 3.06. The van der Waals surface area contributed by atoms with Gasteiger partial charge >= 0.3 is 11.9 Å². The number of nitrogens with two attached hydrogens (primary N) is 1. The summed E-state index contributed by atoms with van der Waals surface area (Å²) in [6.07, 6.45) is 3.49. The van der Waals surface area contributed by atoms with Crippen LogP contribution in [0.2, 0.25) is 0 Å². The summed E-state index contributed by atoms with van der Waals surface area (Å²) in [6, 6.07) is 0. The van der Waals surface area contributed by atoms with E-state index in [4.69, 9.17) is 15.2 Å². The van der Waals surface area contributed by atoms with E-state index >= 15 is 0 Å². The topological polar surface area (TPSA) is 96.4 Å². The number of esters is 2. The molecule has 0 fully saturated rings. The van der Waals surface area contributed by atoms with Crippen molar-refractivity contribution in [2.45, 2.75) is 10.9 Å². The standard InChI is InChI=1S/C13H15N3O4S2/c1-16-5-4-15-13(16)21-6-7-8(11(17)19-2)10(14)22-9(7)12(18)20-3/h4-5H,6,14H2,1-3H3. The quantitative estimate of drug-likeness (QED) is 0.655. The fourth-order valence-electron chi connectivity index (χ4n) is 1.83. The van der Waals surface area contributed by atoms with Gasteiger partial charge in [0, 0.05) is 30.8 Å². The number of rotatable bonds is 5. The molecule has 0 atom stereocenters. The van der Waals surface area contributed by atoms with Gasteiger partial charge in [-0.25, -0.2) is 14.6 Å². The van der Waals surface area contributed by atoms with Gasteiger partial charge in [0.05, 0.1) is 19.8 Å². The molecular weight excluding hydrogens is 326 g/mol. The summed E-state index contributed by atoms with van der Waals surface area (Å²) in [4.78, 5) is 28.3. The van der Waals surface area contributed by atoms with E-state index in [2.05, 4.69) is 4.98 Å². The van der Waals surface area contributed by atoms with Crippen LogP contribution >= 0.6 is 23.1 Å². The molecule has 0 spiro atoms. The first-order valence-corrected chi connectivity index (χ1v) is 7.97. The van der Waals surface area contributed by atoms with Crippen LogP contribution in [0.15, 0.2) is 17.6 Å². The summed E-state index contributed by atoms with van der Waals surface area (Å²) in [5, 5.41) is 0.999. The summed E-state index contributed by atoms with van der Waals surface area (Å²) in [7, 11) is 4.42. The van der Waals surface area contributed by atoms with Crippen molar-refractivity contribution in [1.82, 2.24) is 9.55 Å². The Balaban J connectivity index is 2.39. The first-order valence-electron chi connectivity index (χ1n) is 6.17. The molecule has 0 unspecified atom stereocenters. The molecule has 118 valence electrons. The third-order valence-corrected chi connectivity index (χ3v) is 5.04. The zero-order chi connectivity index (χ0) is 16.3. The van der Waals surface area contributed by atoms with Crippen molar-refractivity contribution in [3.8, 4) is 0 Å². The molecule has 0 bridgehead atoms. The van der Waals surface area contributed by atoms with Gasteiger partial charge in [0.1, 0.15) is 9.88 Å². The van der Waals surface area contributed by atoms with E-state index < -0.39 is 11.9 Å². The van der Waals surface area contributed by atoms with Crippen LogP contribution in [0.5, 0.6) is 0 Å². The fourth-order valence-corrected chi connectivity index (χ4v) is 3.88. The summed E-state index contributed by atoms with van der Waals surface area (Å²) >= 11 is 2.41. The van der Waals surface area contributed by atoms with Gasteiger partial charge in [-0.1, -0.05) is 11.8 Å². The number of carbonyl (C=O) groups is 2. The molecule has 0 aliphatic carbocycles. The Kier molecular flexibility index (Phi) is 5.09. The Morgan fingerprint density at radius 1 is 1.36 bits per heavy atom. The molecule has 2 aromatic rings. The smallest absolute Gasteiger partial charge is 0.348 e. The highest BCUT2D eigenvalue weighted by Gasteiger charge is 2.27. The highest BCUT2D eigenvalue weighted by molar-refractivity contribution is 7.98. The number of imidazole rings is 1. The van der Waals surface area contributed by atoms with E-state index in [0.29, 0.717) is 16.2 Å². The molecule has 2 rings (SSSR count). The molecule has 0 amide bonds. The number of carbonyl (C=O) groups excluding carboxylic acids is 2. The fraction of sp³-hybridized carbons (Fsp3) is 0.308. The van der Waals surface area contributed by atoms with Crippen molar-refractivity contribution in [3.63, 3.8) is 0 Å². The van der Waals surface area contributed by atoms with Crippen LogP contribution in [-0.2, 0) is 22.3 Å². The number of aromatic nitrogens is 2. The molecule has 9 heteroatoms. The van der Waals surface area contributed by atoms with Gasteiger partial charge in [0.2, 0.25) is 0 Å². The molecule has 2 heterocycles. The molecule has 0 aliphatic heterocycles. The lowest BCUT2D eigenvalue weighted by molar-refractivity contribution is 0.0601. The maximum Gasteiger partial charge on any atom is 0.348 e. The summed E-state index contributed by atoms with van der Waals surface area (Å²) in [5.74, 6) is -0.741. The van der Waals surface area contributed by atoms with Gasteiger partial charge in [0.15, 0.2) is 5.16 Å². The maximum atomic E-state index is 11.9. The van der Waals surface area contributed by atoms with Gasteiger partial charge < -0.3 is 19.8 Å². The highest BCUT2D eigenvalue weighted by atomic mass is 32.2. The minimum Gasteiger partial charge on any atom is -0.465 e. The molecule has 0 saturated heterocycles. The number of aryl methyl sites for hydroxylation is 1. The van der Waals surface area contributed by atoms with E-state index in [1.54, 1.807) is 6.20 Å². The number of thiophene rings is 1. The largest absolute Gasteiger partial charge is 0.465 e. The number of thioether (sulfide) groups is 1. The Labute approximate surface area is 135 Å². The second-order valence-corrected chi connectivity index (χ2v) is 6.24. The van der Waals surface area contributed by atoms with Crippen molar-refractivity contribution in [2.24, 2.45) is 7.05 Å². The van der Waals surface area contributed by atoms with Crippen LogP contribution in [0.25, 0.3) is 0 Å². The van der Waals surface area contributed by atoms with Crippen molar-refractivity contribution in [2.75, 3.05) is 20.0 Å². The molecule has 0 aliphatic rings. The average molecular weight is 341 g/mol. The van der Waals surface area contributed by atoms with E-state index in [1.807, 2.05) is 17.8 Å². The zero-order valence-corrected chi connectivity index (χ0v) is 13.9. The first-order chi connectivity index (χ1) is 10.5. The molecule has 2 aromatic heterocycles. The predicted molar refractivity (Wildman–Crippen MR) is 84.2 cm³/mol. The predicted octanol–water partition coefficient (Wildman–Crippen LogP) is 1.93. The lowest BCUT2D eigenvalue weighted by atomic mass is 10.1. The van der Waals surface area contributed by atoms with Crippen LogP contribution in [0.4, 0.5) is 5.00 Å². The summed E-state index contributed by atoms with van der Waals surface area (Å²) in [5.41, 5.74) is 6.60. The Hall–Kier alpha value is -2.00. The van der Waals surface area contributed by atoms with E-state index in [0.717, 1.165) is 16.5 Å². The number of nitrogens with zero attached hydrogens (tertiary/aromatic N) is 2. The molecule has 7 nitrogen and oxygen atoms in total. The van der Waals surface area contributed by atoms with E-state index in [-0.39, 0.29) is 10.6 Å². The second kappa shape index (κ2) is 6.84. The van der Waals surface area contributed by atoms with Crippen LogP contribution in [0, 0.1) is 0 Å². The second-order valence-electron chi connectivity index (χ2n) is 4.24. The van der Waals surface area contributed by atoms with Gasteiger partial charge in [-0.15, -0.1) is 11.3 Å². The van der Waals surface area contributed by atoms with Gasteiger partial charge in [0.25, 0.3) is 0 Å². The molecule has 0 radical (unpaired) electrons. The van der Waals surface area contributed by atoms with Crippen molar-refractivity contribution < 1.29 is 19.1 Å². The lowest BCUT2D eigenvalue weighted by Gasteiger charge is -2.06. The number of methoxy groups -OCH3 is 2. The zero-order valence-electron chi connectivity index (χ0n) is 12.3. The van der Waals surface area contributed by atoms with Gasteiger partial charge in [-0.3, -0.25) is 0 Å². The number of hydrogen-bond donors (Lipinski definition) is 1. The van der Waals surface area contributed by atoms with E-state index in [9.17, 15) is 9.59 Å². The van der Waals surface area contributed by atoms with Gasteiger partial charge in [-0.05, 0) is 0 Å². The molecule has 22 heavy (non-hydrogen) atoms. The van der Waals surface area contributed by atoms with Crippen molar-refractivity contribution in [1.29, 1.82) is 0 Å². The van der Waals surface area contributed by atoms with Crippen LogP contribution in [0.3, 0.4) is 0 Å². The van der Waals surface area contributed by atoms with Crippen molar-refractivity contribution >= 4 is 40.0 Å². The van der Waals surface area contributed by atoms with Crippen LogP contribution < -0.4 is 5.73 Å². The van der Waals surface area contributed by atoms with Crippen LogP contribution in [0.1, 0.15) is 25.6 Å². The number of anilines is 1. The Morgan fingerprint density at radius 3 is 2.59 bits per heavy atom. The van der Waals surface area contributed by atoms with Crippen LogP contribution in [-0.4, -0.2) is 35.7 Å². The normalized spacial score (nSPS) is 10.5.